The monoisotopic (exact) mass is 282 g/mol. The van der Waals surface area contributed by atoms with Gasteiger partial charge in [-0.15, -0.1) is 0 Å². The SMILES string of the molecule is CC(NC(CC(C)(C)C)c1ccccc1)c1ccccn1. The molecule has 2 heteroatoms. The van der Waals surface area contributed by atoms with Gasteiger partial charge in [0.1, 0.15) is 0 Å². The van der Waals surface area contributed by atoms with Gasteiger partial charge < -0.3 is 5.32 Å². The Bertz CT molecular complexity index is 528. The molecule has 0 spiro atoms. The first kappa shape index (κ1) is 15.7. The van der Waals surface area contributed by atoms with Gasteiger partial charge in [-0.05, 0) is 36.5 Å². The van der Waals surface area contributed by atoms with Crippen molar-refractivity contribution < 1.29 is 0 Å². The lowest BCUT2D eigenvalue weighted by Crippen LogP contribution is -2.28. The smallest absolute Gasteiger partial charge is 0.0570 e. The van der Waals surface area contributed by atoms with Crippen LogP contribution < -0.4 is 5.32 Å². The summed E-state index contributed by atoms with van der Waals surface area (Å²) in [5.74, 6) is 0. The van der Waals surface area contributed by atoms with Gasteiger partial charge in [-0.3, -0.25) is 4.98 Å². The van der Waals surface area contributed by atoms with Crippen molar-refractivity contribution in [2.24, 2.45) is 5.41 Å². The summed E-state index contributed by atoms with van der Waals surface area (Å²) in [7, 11) is 0. The summed E-state index contributed by atoms with van der Waals surface area (Å²) < 4.78 is 0. The lowest BCUT2D eigenvalue weighted by molar-refractivity contribution is 0.296. The summed E-state index contributed by atoms with van der Waals surface area (Å²) in [5, 5.41) is 3.74. The Morgan fingerprint density at radius 3 is 2.24 bits per heavy atom. The molecule has 0 aliphatic carbocycles. The molecule has 1 aromatic carbocycles. The van der Waals surface area contributed by atoms with Crippen LogP contribution in [0.1, 0.15) is 57.5 Å². The fraction of sp³-hybridized carbons (Fsp3) is 0.421. The molecule has 2 nitrogen and oxygen atoms in total. The normalized spacial score (nSPS) is 14.7. The average Bonchev–Trinajstić information content (AvgIpc) is 2.47. The van der Waals surface area contributed by atoms with Crippen molar-refractivity contribution in [3.63, 3.8) is 0 Å². The molecular formula is C19H26N2. The van der Waals surface area contributed by atoms with Gasteiger partial charge in [-0.1, -0.05) is 57.2 Å². The van der Waals surface area contributed by atoms with Gasteiger partial charge in [0.15, 0.2) is 0 Å². The second-order valence-corrected chi connectivity index (χ2v) is 6.87. The second-order valence-electron chi connectivity index (χ2n) is 6.87. The number of pyridine rings is 1. The van der Waals surface area contributed by atoms with E-state index in [1.165, 1.54) is 5.56 Å². The zero-order valence-corrected chi connectivity index (χ0v) is 13.5. The number of nitrogens with one attached hydrogen (secondary N) is 1. The molecule has 1 aromatic heterocycles. The van der Waals surface area contributed by atoms with Crippen molar-refractivity contribution in [2.45, 2.75) is 46.2 Å². The maximum Gasteiger partial charge on any atom is 0.0570 e. The second kappa shape index (κ2) is 6.86. The van der Waals surface area contributed by atoms with E-state index in [0.29, 0.717) is 6.04 Å². The first-order valence-corrected chi connectivity index (χ1v) is 7.68. The molecule has 21 heavy (non-hydrogen) atoms. The van der Waals surface area contributed by atoms with Gasteiger partial charge in [-0.2, -0.15) is 0 Å². The van der Waals surface area contributed by atoms with Gasteiger partial charge in [0.2, 0.25) is 0 Å². The highest BCUT2D eigenvalue weighted by Crippen LogP contribution is 2.31. The number of hydrogen-bond acceptors (Lipinski definition) is 2. The van der Waals surface area contributed by atoms with E-state index in [4.69, 9.17) is 0 Å². The van der Waals surface area contributed by atoms with Crippen LogP contribution in [-0.4, -0.2) is 4.98 Å². The Morgan fingerprint density at radius 2 is 1.67 bits per heavy atom. The summed E-state index contributed by atoms with van der Waals surface area (Å²) >= 11 is 0. The van der Waals surface area contributed by atoms with E-state index in [0.717, 1.165) is 12.1 Å². The Labute approximate surface area is 128 Å². The maximum absolute atomic E-state index is 4.46. The molecule has 0 aliphatic rings. The minimum absolute atomic E-state index is 0.235. The molecule has 0 bridgehead atoms. The van der Waals surface area contributed by atoms with Gasteiger partial charge in [0.25, 0.3) is 0 Å². The van der Waals surface area contributed by atoms with E-state index in [1.54, 1.807) is 0 Å². The minimum atomic E-state index is 0.235. The molecule has 0 saturated heterocycles. The Hall–Kier alpha value is -1.67. The Morgan fingerprint density at radius 1 is 1.00 bits per heavy atom. The summed E-state index contributed by atoms with van der Waals surface area (Å²) in [6, 6.07) is 17.3. The molecule has 0 radical (unpaired) electrons. The Kier molecular flexibility index (Phi) is 5.13. The van der Waals surface area contributed by atoms with Gasteiger partial charge in [0.05, 0.1) is 5.69 Å². The van der Waals surface area contributed by atoms with Crippen LogP contribution in [0.4, 0.5) is 0 Å². The highest BCUT2D eigenvalue weighted by atomic mass is 15.0. The van der Waals surface area contributed by atoms with Crippen molar-refractivity contribution in [1.29, 1.82) is 0 Å². The van der Waals surface area contributed by atoms with Crippen LogP contribution in [0.3, 0.4) is 0 Å². The zero-order valence-electron chi connectivity index (χ0n) is 13.5. The van der Waals surface area contributed by atoms with Crippen LogP contribution in [-0.2, 0) is 0 Å². The topological polar surface area (TPSA) is 24.9 Å². The van der Waals surface area contributed by atoms with Crippen molar-refractivity contribution in [2.75, 3.05) is 0 Å². The molecule has 2 unspecified atom stereocenters. The van der Waals surface area contributed by atoms with Gasteiger partial charge >= 0.3 is 0 Å². The van der Waals surface area contributed by atoms with E-state index < -0.39 is 0 Å². The number of rotatable bonds is 5. The van der Waals surface area contributed by atoms with Crippen molar-refractivity contribution in [3.8, 4) is 0 Å². The highest BCUT2D eigenvalue weighted by molar-refractivity contribution is 5.20. The quantitative estimate of drug-likeness (QED) is 0.843. The van der Waals surface area contributed by atoms with E-state index >= 15 is 0 Å². The van der Waals surface area contributed by atoms with E-state index in [-0.39, 0.29) is 11.5 Å². The molecule has 1 heterocycles. The van der Waals surface area contributed by atoms with Crippen molar-refractivity contribution in [1.82, 2.24) is 10.3 Å². The van der Waals surface area contributed by atoms with E-state index in [9.17, 15) is 0 Å². The lowest BCUT2D eigenvalue weighted by Gasteiger charge is -2.29. The molecule has 2 atom stereocenters. The standard InChI is InChI=1S/C19H26N2/c1-15(17-12-8-9-13-20-17)21-18(14-19(2,3)4)16-10-6-5-7-11-16/h5-13,15,18,21H,14H2,1-4H3. The number of hydrogen-bond donors (Lipinski definition) is 1. The third kappa shape index (κ3) is 4.98. The molecule has 0 fully saturated rings. The predicted molar refractivity (Wildman–Crippen MR) is 89.0 cm³/mol. The van der Waals surface area contributed by atoms with Crippen LogP contribution in [0.15, 0.2) is 54.7 Å². The zero-order chi connectivity index (χ0) is 15.3. The first-order chi connectivity index (χ1) is 9.96. The first-order valence-electron chi connectivity index (χ1n) is 7.68. The van der Waals surface area contributed by atoms with Crippen molar-refractivity contribution in [3.05, 3.63) is 66.0 Å². The fourth-order valence-electron chi connectivity index (χ4n) is 2.59. The predicted octanol–water partition coefficient (Wildman–Crippen LogP) is 4.91. The molecule has 0 aliphatic heterocycles. The summed E-state index contributed by atoms with van der Waals surface area (Å²) in [6.45, 7) is 9.04. The Balaban J connectivity index is 2.16. The fourth-order valence-corrected chi connectivity index (χ4v) is 2.59. The molecule has 0 saturated carbocycles. The van der Waals surface area contributed by atoms with Crippen molar-refractivity contribution >= 4 is 0 Å². The molecule has 112 valence electrons. The maximum atomic E-state index is 4.46. The summed E-state index contributed by atoms with van der Waals surface area (Å²) in [5.41, 5.74) is 2.71. The third-order valence-corrected chi connectivity index (χ3v) is 3.60. The third-order valence-electron chi connectivity index (χ3n) is 3.60. The number of aromatic nitrogens is 1. The summed E-state index contributed by atoms with van der Waals surface area (Å²) in [6.07, 6.45) is 2.95. The minimum Gasteiger partial charge on any atom is -0.302 e. The highest BCUT2D eigenvalue weighted by Gasteiger charge is 2.22. The average molecular weight is 282 g/mol. The van der Waals surface area contributed by atoms with E-state index in [1.807, 2.05) is 18.3 Å². The molecular weight excluding hydrogens is 256 g/mol. The molecule has 2 aromatic rings. The van der Waals surface area contributed by atoms with Crippen LogP contribution in [0.25, 0.3) is 0 Å². The van der Waals surface area contributed by atoms with Crippen LogP contribution in [0.2, 0.25) is 0 Å². The largest absolute Gasteiger partial charge is 0.302 e. The van der Waals surface area contributed by atoms with E-state index in [2.05, 4.69) is 74.4 Å². The molecule has 1 N–H and O–H groups in total. The molecule has 0 amide bonds. The number of nitrogens with zero attached hydrogens (tertiary/aromatic N) is 1. The summed E-state index contributed by atoms with van der Waals surface area (Å²) in [4.78, 5) is 4.46. The van der Waals surface area contributed by atoms with Gasteiger partial charge in [-0.25, -0.2) is 0 Å². The molecule has 2 rings (SSSR count). The number of benzene rings is 1. The van der Waals surface area contributed by atoms with Crippen LogP contribution in [0, 0.1) is 5.41 Å². The lowest BCUT2D eigenvalue weighted by atomic mass is 9.85. The van der Waals surface area contributed by atoms with Gasteiger partial charge in [0, 0.05) is 18.3 Å². The van der Waals surface area contributed by atoms with Crippen LogP contribution in [0.5, 0.6) is 0 Å². The van der Waals surface area contributed by atoms with Crippen LogP contribution >= 0.6 is 0 Å².